The van der Waals surface area contributed by atoms with E-state index in [4.69, 9.17) is 0 Å². The van der Waals surface area contributed by atoms with Gasteiger partial charge in [0.15, 0.2) is 0 Å². The predicted molar refractivity (Wildman–Crippen MR) is 97.6 cm³/mol. The maximum absolute atomic E-state index is 2.49. The van der Waals surface area contributed by atoms with E-state index in [1.165, 1.54) is 35.0 Å². The van der Waals surface area contributed by atoms with Gasteiger partial charge in [-0.05, 0) is 12.5 Å². The molecule has 1 heterocycles. The fourth-order valence-corrected chi connectivity index (χ4v) is 6.85. The molecule has 0 unspecified atom stereocenters. The highest BCUT2D eigenvalue weighted by molar-refractivity contribution is 6.76. The molecular formula is C20H28NSi+. The van der Waals surface area contributed by atoms with E-state index in [0.29, 0.717) is 6.04 Å². The summed E-state index contributed by atoms with van der Waals surface area (Å²) >= 11 is 0. The molecule has 2 aromatic carbocycles. The van der Waals surface area contributed by atoms with Crippen molar-refractivity contribution in [2.75, 3.05) is 13.2 Å². The van der Waals surface area contributed by atoms with Crippen molar-refractivity contribution in [3.05, 3.63) is 70.8 Å². The number of fused-ring (bicyclic) bond motifs is 1. The summed E-state index contributed by atoms with van der Waals surface area (Å²) in [5.41, 5.74) is 6.01. The largest absolute Gasteiger partial charge is 0.316 e. The number of rotatable bonds is 3. The molecule has 1 aliphatic rings. The predicted octanol–water partition coefficient (Wildman–Crippen LogP) is 4.92. The number of hydrogen-bond acceptors (Lipinski definition) is 0. The Hall–Kier alpha value is -1.38. The lowest BCUT2D eigenvalue weighted by Gasteiger charge is -2.41. The summed E-state index contributed by atoms with van der Waals surface area (Å²) in [4.78, 5) is 0. The van der Waals surface area contributed by atoms with E-state index in [0.717, 1.165) is 4.48 Å². The van der Waals surface area contributed by atoms with Crippen LogP contribution in [0.3, 0.4) is 0 Å². The highest BCUT2D eigenvalue weighted by atomic mass is 28.3. The third kappa shape index (κ3) is 2.78. The van der Waals surface area contributed by atoms with E-state index in [1.54, 1.807) is 0 Å². The maximum Gasteiger partial charge on any atom is 0.141 e. The Morgan fingerprint density at radius 2 is 1.55 bits per heavy atom. The lowest BCUT2D eigenvalue weighted by Crippen LogP contribution is -2.52. The molecule has 0 saturated carbocycles. The quantitative estimate of drug-likeness (QED) is 0.557. The third-order valence-corrected chi connectivity index (χ3v) is 6.49. The van der Waals surface area contributed by atoms with Crippen LogP contribution in [0.25, 0.3) is 0 Å². The van der Waals surface area contributed by atoms with Crippen molar-refractivity contribution in [3.8, 4) is 0 Å². The van der Waals surface area contributed by atoms with Crippen molar-refractivity contribution < 1.29 is 4.48 Å². The normalized spacial score (nSPS) is 24.3. The first-order valence-corrected chi connectivity index (χ1v) is 12.0. The smallest absolute Gasteiger partial charge is 0.141 e. The maximum atomic E-state index is 2.49. The monoisotopic (exact) mass is 310 g/mol. The summed E-state index contributed by atoms with van der Waals surface area (Å²) in [6.07, 6.45) is 1.32. The second-order valence-corrected chi connectivity index (χ2v) is 13.8. The first-order chi connectivity index (χ1) is 10.3. The van der Waals surface area contributed by atoms with E-state index >= 15 is 0 Å². The van der Waals surface area contributed by atoms with Crippen LogP contribution in [0, 0.1) is 6.92 Å². The van der Waals surface area contributed by atoms with E-state index < -0.39 is 8.07 Å². The Kier molecular flexibility index (Phi) is 3.78. The van der Waals surface area contributed by atoms with Crippen LogP contribution in [0.2, 0.25) is 19.6 Å². The molecule has 2 atom stereocenters. The van der Waals surface area contributed by atoms with Crippen molar-refractivity contribution in [2.24, 2.45) is 0 Å². The van der Waals surface area contributed by atoms with E-state index in [-0.39, 0.29) is 0 Å². The van der Waals surface area contributed by atoms with Gasteiger partial charge >= 0.3 is 0 Å². The van der Waals surface area contributed by atoms with Crippen LogP contribution in [-0.4, -0.2) is 25.8 Å². The van der Waals surface area contributed by atoms with Gasteiger partial charge in [-0.15, -0.1) is 0 Å². The minimum Gasteiger partial charge on any atom is -0.316 e. The van der Waals surface area contributed by atoms with Crippen LogP contribution in [-0.2, 0) is 6.54 Å². The van der Waals surface area contributed by atoms with Crippen molar-refractivity contribution in [1.82, 2.24) is 0 Å². The summed E-state index contributed by atoms with van der Waals surface area (Å²) in [6, 6.07) is 18.5. The van der Waals surface area contributed by atoms with Gasteiger partial charge in [-0.2, -0.15) is 0 Å². The van der Waals surface area contributed by atoms with Crippen LogP contribution in [0.1, 0.15) is 28.3 Å². The van der Waals surface area contributed by atoms with Crippen molar-refractivity contribution in [3.63, 3.8) is 0 Å². The molecular weight excluding hydrogens is 282 g/mol. The van der Waals surface area contributed by atoms with Gasteiger partial charge < -0.3 is 4.48 Å². The zero-order chi connectivity index (χ0) is 16.0. The molecule has 1 aliphatic heterocycles. The third-order valence-electron chi connectivity index (χ3n) is 4.82. The second-order valence-electron chi connectivity index (χ2n) is 8.31. The van der Waals surface area contributed by atoms with Crippen molar-refractivity contribution in [1.29, 1.82) is 0 Å². The Morgan fingerprint density at radius 1 is 0.955 bits per heavy atom. The average Bonchev–Trinajstić information content (AvgIpc) is 2.68. The van der Waals surface area contributed by atoms with Crippen LogP contribution < -0.4 is 0 Å². The van der Waals surface area contributed by atoms with Gasteiger partial charge in [0.25, 0.3) is 0 Å². The standard InChI is InChI=1S/C20H28NSi/c1-16-10-6-8-12-18(16)20-19-13-9-7-11-17(19)14-21(20,2)15-22(3,4)5/h6-13,20H,14-15H2,1-5H3/q+1/t20-,21-/m1/s1. The number of benzene rings is 2. The van der Waals surface area contributed by atoms with E-state index in [1.807, 2.05) is 0 Å². The highest BCUT2D eigenvalue weighted by Crippen LogP contribution is 2.44. The lowest BCUT2D eigenvalue weighted by molar-refractivity contribution is -0.930. The molecule has 0 amide bonds. The topological polar surface area (TPSA) is 0 Å². The minimum atomic E-state index is -1.15. The Balaban J connectivity index is 2.14. The number of aryl methyl sites for hydroxylation is 1. The summed E-state index contributed by atoms with van der Waals surface area (Å²) in [7, 11) is 1.31. The first kappa shape index (κ1) is 15.5. The zero-order valence-electron chi connectivity index (χ0n) is 14.6. The van der Waals surface area contributed by atoms with Gasteiger partial charge in [0.05, 0.1) is 13.2 Å². The molecule has 0 N–H and O–H groups in total. The van der Waals surface area contributed by atoms with E-state index in [2.05, 4.69) is 82.1 Å². The molecule has 0 radical (unpaired) electrons. The molecule has 2 aromatic rings. The molecule has 22 heavy (non-hydrogen) atoms. The van der Waals surface area contributed by atoms with Crippen molar-refractivity contribution >= 4 is 8.07 Å². The molecule has 0 saturated heterocycles. The first-order valence-electron chi connectivity index (χ1n) is 8.28. The van der Waals surface area contributed by atoms with Crippen molar-refractivity contribution in [2.45, 2.75) is 39.2 Å². The van der Waals surface area contributed by atoms with E-state index in [9.17, 15) is 0 Å². The molecule has 1 nitrogen and oxygen atoms in total. The Morgan fingerprint density at radius 3 is 2.18 bits per heavy atom. The summed E-state index contributed by atoms with van der Waals surface area (Å²) in [5.74, 6) is 0. The molecule has 0 fully saturated rings. The number of quaternary nitrogens is 1. The fraction of sp³-hybridized carbons (Fsp3) is 0.400. The summed E-state index contributed by atoms with van der Waals surface area (Å²) in [5, 5.41) is 0. The van der Waals surface area contributed by atoms with Crippen LogP contribution in [0.4, 0.5) is 0 Å². The van der Waals surface area contributed by atoms with Crippen LogP contribution in [0.15, 0.2) is 48.5 Å². The molecule has 0 aromatic heterocycles. The SMILES string of the molecule is Cc1ccccc1[C@@H]1c2ccccc2C[N@+]1(C)C[Si](C)(C)C. The van der Waals surface area contributed by atoms with Gasteiger partial charge in [0.2, 0.25) is 0 Å². The lowest BCUT2D eigenvalue weighted by atomic mass is 9.94. The molecule has 0 spiro atoms. The van der Waals surface area contributed by atoms with Crippen LogP contribution >= 0.6 is 0 Å². The van der Waals surface area contributed by atoms with Gasteiger partial charge in [-0.3, -0.25) is 0 Å². The fourth-order valence-electron chi connectivity index (χ4n) is 4.39. The highest BCUT2D eigenvalue weighted by Gasteiger charge is 2.45. The number of nitrogens with zero attached hydrogens (tertiary/aromatic N) is 1. The van der Waals surface area contributed by atoms with Gasteiger partial charge in [-0.1, -0.05) is 68.2 Å². The molecule has 0 aliphatic carbocycles. The summed E-state index contributed by atoms with van der Waals surface area (Å²) in [6.45, 7) is 10.9. The molecule has 0 bridgehead atoms. The molecule has 3 rings (SSSR count). The number of hydrogen-bond donors (Lipinski definition) is 0. The van der Waals surface area contributed by atoms with Gasteiger partial charge in [0, 0.05) is 16.7 Å². The minimum absolute atomic E-state index is 0.490. The average molecular weight is 311 g/mol. The van der Waals surface area contributed by atoms with Gasteiger partial charge in [-0.25, -0.2) is 0 Å². The molecule has 2 heteroatoms. The summed E-state index contributed by atoms with van der Waals surface area (Å²) < 4.78 is 1.14. The van der Waals surface area contributed by atoms with Crippen LogP contribution in [0.5, 0.6) is 0 Å². The second kappa shape index (κ2) is 5.36. The Labute approximate surface area is 136 Å². The molecule has 116 valence electrons. The Bertz CT molecular complexity index is 686. The van der Waals surface area contributed by atoms with Gasteiger partial charge in [0.1, 0.15) is 20.7 Å². The zero-order valence-corrected chi connectivity index (χ0v) is 15.6.